The Kier molecular flexibility index (Phi) is 6.42. The fraction of sp³-hybridized carbons (Fsp3) is 0.0476. The average molecular weight is 439 g/mol. The summed E-state index contributed by atoms with van der Waals surface area (Å²) in [5.74, 6) is 5.54. The summed E-state index contributed by atoms with van der Waals surface area (Å²) in [6.07, 6.45) is 0. The number of rotatable bonds is 4. The maximum absolute atomic E-state index is 12.1. The lowest BCUT2D eigenvalue weighted by molar-refractivity contribution is -0.115. The van der Waals surface area contributed by atoms with E-state index in [1.54, 1.807) is 41.7 Å². The van der Waals surface area contributed by atoms with E-state index in [1.807, 2.05) is 35.7 Å². The number of carbonyl (C=O) groups is 2. The van der Waals surface area contributed by atoms with Crippen LogP contribution in [-0.4, -0.2) is 18.4 Å². The first-order valence-electron chi connectivity index (χ1n) is 8.09. The number of amides is 2. The number of nitrogens with one attached hydrogen (secondary N) is 2. The van der Waals surface area contributed by atoms with Crippen molar-refractivity contribution in [1.29, 1.82) is 0 Å². The van der Waals surface area contributed by atoms with Crippen LogP contribution in [0.5, 0.6) is 0 Å². The van der Waals surface area contributed by atoms with E-state index in [0.29, 0.717) is 11.3 Å². The summed E-state index contributed by atoms with van der Waals surface area (Å²) in [6.45, 7) is -0.115. The van der Waals surface area contributed by atoms with E-state index in [-0.39, 0.29) is 18.4 Å². The van der Waals surface area contributed by atoms with E-state index in [9.17, 15) is 9.59 Å². The van der Waals surface area contributed by atoms with Gasteiger partial charge in [-0.3, -0.25) is 9.59 Å². The lowest BCUT2D eigenvalue weighted by Crippen LogP contribution is -2.32. The molecule has 1 heterocycles. The van der Waals surface area contributed by atoms with Gasteiger partial charge in [-0.15, -0.1) is 11.3 Å². The van der Waals surface area contributed by atoms with Crippen molar-refractivity contribution in [1.82, 2.24) is 5.32 Å². The van der Waals surface area contributed by atoms with Gasteiger partial charge < -0.3 is 10.6 Å². The molecular weight excluding hydrogens is 424 g/mol. The standard InChI is InChI=1S/C21H15BrN2O2S/c22-17-6-2-5-16(13-17)21(26)23-14-20(25)24-18-7-1-4-15(12-18)9-10-19-8-3-11-27-19/h1-8,11-13H,14H2,(H,23,26)(H,24,25). The zero-order chi connectivity index (χ0) is 19.1. The molecule has 1 aromatic heterocycles. The number of hydrogen-bond acceptors (Lipinski definition) is 3. The Balaban J connectivity index is 1.56. The normalized spacial score (nSPS) is 9.81. The van der Waals surface area contributed by atoms with Crippen LogP contribution >= 0.6 is 27.3 Å². The van der Waals surface area contributed by atoms with Crippen LogP contribution in [0.15, 0.2) is 70.5 Å². The van der Waals surface area contributed by atoms with Crippen molar-refractivity contribution in [3.63, 3.8) is 0 Å². The highest BCUT2D eigenvalue weighted by atomic mass is 79.9. The number of carbonyl (C=O) groups excluding carboxylic acids is 2. The van der Waals surface area contributed by atoms with Crippen molar-refractivity contribution in [2.75, 3.05) is 11.9 Å². The molecule has 2 N–H and O–H groups in total. The number of halogens is 1. The minimum Gasteiger partial charge on any atom is -0.343 e. The first-order chi connectivity index (χ1) is 13.1. The second-order valence-corrected chi connectivity index (χ2v) is 7.41. The fourth-order valence-corrected chi connectivity index (χ4v) is 3.23. The van der Waals surface area contributed by atoms with E-state index in [0.717, 1.165) is 14.9 Å². The Bertz CT molecular complexity index is 1020. The van der Waals surface area contributed by atoms with Crippen LogP contribution in [0.4, 0.5) is 5.69 Å². The largest absolute Gasteiger partial charge is 0.343 e. The summed E-state index contributed by atoms with van der Waals surface area (Å²) in [4.78, 5) is 25.2. The molecule has 0 bridgehead atoms. The van der Waals surface area contributed by atoms with E-state index in [2.05, 4.69) is 38.4 Å². The second kappa shape index (κ2) is 9.17. The minimum absolute atomic E-state index is 0.115. The summed E-state index contributed by atoms with van der Waals surface area (Å²) in [5, 5.41) is 7.35. The Morgan fingerprint density at radius 1 is 1.00 bits per heavy atom. The molecule has 0 fully saturated rings. The Morgan fingerprint density at radius 2 is 1.85 bits per heavy atom. The highest BCUT2D eigenvalue weighted by molar-refractivity contribution is 9.10. The molecule has 6 heteroatoms. The van der Waals surface area contributed by atoms with Gasteiger partial charge in [0.1, 0.15) is 0 Å². The van der Waals surface area contributed by atoms with E-state index < -0.39 is 0 Å². The van der Waals surface area contributed by atoms with Gasteiger partial charge in [-0.25, -0.2) is 0 Å². The molecular formula is C21H15BrN2O2S. The van der Waals surface area contributed by atoms with Crippen molar-refractivity contribution in [2.24, 2.45) is 0 Å². The summed E-state index contributed by atoms with van der Waals surface area (Å²) >= 11 is 4.90. The predicted octanol–water partition coefficient (Wildman–Crippen LogP) is 4.28. The molecule has 2 aromatic carbocycles. The van der Waals surface area contributed by atoms with Gasteiger partial charge in [0, 0.05) is 21.3 Å². The maximum Gasteiger partial charge on any atom is 0.251 e. The smallest absolute Gasteiger partial charge is 0.251 e. The number of hydrogen-bond donors (Lipinski definition) is 2. The maximum atomic E-state index is 12.1. The third kappa shape index (κ3) is 5.81. The zero-order valence-corrected chi connectivity index (χ0v) is 16.6. The molecule has 0 atom stereocenters. The molecule has 0 saturated carbocycles. The fourth-order valence-electron chi connectivity index (χ4n) is 2.26. The van der Waals surface area contributed by atoms with Crippen LogP contribution in [0.25, 0.3) is 0 Å². The van der Waals surface area contributed by atoms with Gasteiger partial charge in [0.25, 0.3) is 5.91 Å². The molecule has 3 rings (SSSR count). The van der Waals surface area contributed by atoms with Crippen LogP contribution in [-0.2, 0) is 4.79 Å². The van der Waals surface area contributed by atoms with Crippen molar-refractivity contribution >= 4 is 44.8 Å². The highest BCUT2D eigenvalue weighted by Crippen LogP contribution is 2.12. The first kappa shape index (κ1) is 18.9. The van der Waals surface area contributed by atoms with Crippen LogP contribution in [0, 0.1) is 11.8 Å². The van der Waals surface area contributed by atoms with E-state index in [4.69, 9.17) is 0 Å². The molecule has 4 nitrogen and oxygen atoms in total. The van der Waals surface area contributed by atoms with Crippen LogP contribution < -0.4 is 10.6 Å². The topological polar surface area (TPSA) is 58.2 Å². The summed E-state index contributed by atoms with van der Waals surface area (Å²) < 4.78 is 0.806. The van der Waals surface area contributed by atoms with Gasteiger partial charge in [-0.05, 0) is 47.8 Å². The van der Waals surface area contributed by atoms with Crippen molar-refractivity contribution in [3.8, 4) is 11.8 Å². The predicted molar refractivity (Wildman–Crippen MR) is 112 cm³/mol. The molecule has 27 heavy (non-hydrogen) atoms. The van der Waals surface area contributed by atoms with Gasteiger partial charge in [0.15, 0.2) is 0 Å². The molecule has 0 unspecified atom stereocenters. The molecule has 134 valence electrons. The van der Waals surface area contributed by atoms with E-state index in [1.165, 1.54) is 0 Å². The van der Waals surface area contributed by atoms with Gasteiger partial charge in [-0.2, -0.15) is 0 Å². The Labute approximate surface area is 169 Å². The summed E-state index contributed by atoms with van der Waals surface area (Å²) in [6, 6.07) is 18.2. The quantitative estimate of drug-likeness (QED) is 0.597. The number of anilines is 1. The monoisotopic (exact) mass is 438 g/mol. The number of benzene rings is 2. The number of thiophene rings is 1. The molecule has 0 radical (unpaired) electrons. The highest BCUT2D eigenvalue weighted by Gasteiger charge is 2.08. The van der Waals surface area contributed by atoms with Gasteiger partial charge in [0.05, 0.1) is 11.4 Å². The van der Waals surface area contributed by atoms with Gasteiger partial charge in [0.2, 0.25) is 5.91 Å². The Hall–Kier alpha value is -2.88. The molecule has 0 aliphatic heterocycles. The third-order valence-corrected chi connectivity index (χ3v) is 4.77. The van der Waals surface area contributed by atoms with E-state index >= 15 is 0 Å². The molecule has 0 saturated heterocycles. The third-order valence-electron chi connectivity index (χ3n) is 3.49. The lowest BCUT2D eigenvalue weighted by atomic mass is 10.2. The van der Waals surface area contributed by atoms with Crippen molar-refractivity contribution in [3.05, 3.63) is 86.5 Å². The van der Waals surface area contributed by atoms with Crippen LogP contribution in [0.1, 0.15) is 20.8 Å². The van der Waals surface area contributed by atoms with Gasteiger partial charge in [-0.1, -0.05) is 46.0 Å². The molecule has 0 spiro atoms. The molecule has 0 aliphatic rings. The average Bonchev–Trinajstić information content (AvgIpc) is 3.18. The summed E-state index contributed by atoms with van der Waals surface area (Å²) in [5.41, 5.74) is 1.93. The van der Waals surface area contributed by atoms with Crippen LogP contribution in [0.2, 0.25) is 0 Å². The lowest BCUT2D eigenvalue weighted by Gasteiger charge is -2.07. The molecule has 0 aliphatic carbocycles. The minimum atomic E-state index is -0.304. The SMILES string of the molecule is O=C(CNC(=O)c1cccc(Br)c1)Nc1cccc(C#Cc2cccs2)c1. The Morgan fingerprint density at radius 3 is 2.63 bits per heavy atom. The van der Waals surface area contributed by atoms with Crippen LogP contribution in [0.3, 0.4) is 0 Å². The zero-order valence-electron chi connectivity index (χ0n) is 14.2. The first-order valence-corrected chi connectivity index (χ1v) is 9.76. The van der Waals surface area contributed by atoms with Crippen molar-refractivity contribution < 1.29 is 9.59 Å². The second-order valence-electron chi connectivity index (χ2n) is 5.55. The van der Waals surface area contributed by atoms with Gasteiger partial charge >= 0.3 is 0 Å². The summed E-state index contributed by atoms with van der Waals surface area (Å²) in [7, 11) is 0. The van der Waals surface area contributed by atoms with Crippen molar-refractivity contribution in [2.45, 2.75) is 0 Å². The molecule has 3 aromatic rings. The molecule has 2 amide bonds.